The third-order valence-electron chi connectivity index (χ3n) is 2.80. The molecule has 2 aromatic carbocycles. The molecule has 2 aromatic rings. The molecule has 0 heterocycles. The largest absolute Gasteiger partial charge is 0.488 e. The van der Waals surface area contributed by atoms with Crippen molar-refractivity contribution in [3.63, 3.8) is 0 Å². The van der Waals surface area contributed by atoms with Crippen LogP contribution in [-0.2, 0) is 6.61 Å². The van der Waals surface area contributed by atoms with Gasteiger partial charge >= 0.3 is 0 Å². The summed E-state index contributed by atoms with van der Waals surface area (Å²) in [7, 11) is 0. The highest BCUT2D eigenvalue weighted by molar-refractivity contribution is 9.10. The lowest BCUT2D eigenvalue weighted by molar-refractivity contribution is 0.0983. The highest BCUT2D eigenvalue weighted by atomic mass is 79.9. The minimum atomic E-state index is 0.0874. The Morgan fingerprint density at radius 3 is 2.58 bits per heavy atom. The van der Waals surface area contributed by atoms with Crippen molar-refractivity contribution in [2.24, 2.45) is 0 Å². The van der Waals surface area contributed by atoms with E-state index in [0.29, 0.717) is 24.3 Å². The van der Waals surface area contributed by atoms with Crippen molar-refractivity contribution >= 4 is 21.7 Å². The Morgan fingerprint density at radius 2 is 1.89 bits per heavy atom. The SMILES string of the molecule is CCC(=O)c1cc(Br)ccc1OCc1ccccc1. The van der Waals surface area contributed by atoms with Gasteiger partial charge in [0, 0.05) is 10.9 Å². The van der Waals surface area contributed by atoms with Crippen molar-refractivity contribution in [2.75, 3.05) is 0 Å². The Bertz CT molecular complexity index is 564. The van der Waals surface area contributed by atoms with Gasteiger partial charge in [-0.05, 0) is 23.8 Å². The van der Waals surface area contributed by atoms with Crippen LogP contribution in [0.1, 0.15) is 29.3 Å². The molecule has 3 heteroatoms. The van der Waals surface area contributed by atoms with Gasteiger partial charge in [-0.3, -0.25) is 4.79 Å². The first-order valence-electron chi connectivity index (χ1n) is 6.20. The predicted octanol–water partition coefficient (Wildman–Crippen LogP) is 4.62. The van der Waals surface area contributed by atoms with Crippen molar-refractivity contribution in [2.45, 2.75) is 20.0 Å². The topological polar surface area (TPSA) is 26.3 Å². The summed E-state index contributed by atoms with van der Waals surface area (Å²) in [6, 6.07) is 15.4. The highest BCUT2D eigenvalue weighted by Crippen LogP contribution is 2.25. The lowest BCUT2D eigenvalue weighted by Crippen LogP contribution is -2.03. The molecule has 0 aliphatic heterocycles. The molecule has 0 amide bonds. The van der Waals surface area contributed by atoms with Gasteiger partial charge in [0.2, 0.25) is 0 Å². The number of ether oxygens (including phenoxy) is 1. The maximum atomic E-state index is 11.9. The fourth-order valence-electron chi connectivity index (χ4n) is 1.77. The van der Waals surface area contributed by atoms with E-state index in [9.17, 15) is 4.79 Å². The van der Waals surface area contributed by atoms with E-state index in [4.69, 9.17) is 4.74 Å². The molecule has 0 radical (unpaired) electrons. The predicted molar refractivity (Wildman–Crippen MR) is 79.5 cm³/mol. The lowest BCUT2D eigenvalue weighted by Gasteiger charge is -2.11. The van der Waals surface area contributed by atoms with Gasteiger partial charge in [0.15, 0.2) is 5.78 Å². The Kier molecular flexibility index (Phi) is 4.74. The molecule has 0 aliphatic rings. The molecule has 0 spiro atoms. The number of halogens is 1. The minimum absolute atomic E-state index is 0.0874. The molecule has 2 nitrogen and oxygen atoms in total. The molecule has 0 saturated carbocycles. The van der Waals surface area contributed by atoms with E-state index < -0.39 is 0 Å². The quantitative estimate of drug-likeness (QED) is 0.752. The van der Waals surface area contributed by atoms with E-state index in [1.807, 2.05) is 55.5 Å². The van der Waals surface area contributed by atoms with E-state index >= 15 is 0 Å². The summed E-state index contributed by atoms with van der Waals surface area (Å²) >= 11 is 3.38. The van der Waals surface area contributed by atoms with Crippen LogP contribution >= 0.6 is 15.9 Å². The fourth-order valence-corrected chi connectivity index (χ4v) is 2.13. The number of carbonyl (C=O) groups is 1. The van der Waals surface area contributed by atoms with Gasteiger partial charge in [0.25, 0.3) is 0 Å². The second-order valence-electron chi connectivity index (χ2n) is 4.19. The lowest BCUT2D eigenvalue weighted by atomic mass is 10.1. The summed E-state index contributed by atoms with van der Waals surface area (Å²) in [6.45, 7) is 2.32. The minimum Gasteiger partial charge on any atom is -0.488 e. The van der Waals surface area contributed by atoms with Gasteiger partial charge in [-0.1, -0.05) is 53.2 Å². The third kappa shape index (κ3) is 3.67. The molecule has 19 heavy (non-hydrogen) atoms. The van der Waals surface area contributed by atoms with E-state index in [2.05, 4.69) is 15.9 Å². The maximum Gasteiger partial charge on any atom is 0.166 e. The van der Waals surface area contributed by atoms with Crippen molar-refractivity contribution in [3.05, 3.63) is 64.1 Å². The number of hydrogen-bond donors (Lipinski definition) is 0. The first kappa shape index (κ1) is 13.8. The zero-order chi connectivity index (χ0) is 13.7. The van der Waals surface area contributed by atoms with E-state index in [-0.39, 0.29) is 5.78 Å². The van der Waals surface area contributed by atoms with E-state index in [1.165, 1.54) is 0 Å². The van der Waals surface area contributed by atoms with Crippen LogP contribution in [-0.4, -0.2) is 5.78 Å². The molecule has 0 bridgehead atoms. The van der Waals surface area contributed by atoms with E-state index in [1.54, 1.807) is 0 Å². The molecular weight excluding hydrogens is 304 g/mol. The first-order valence-corrected chi connectivity index (χ1v) is 6.99. The van der Waals surface area contributed by atoms with Crippen LogP contribution in [0.5, 0.6) is 5.75 Å². The van der Waals surface area contributed by atoms with Crippen molar-refractivity contribution in [3.8, 4) is 5.75 Å². The van der Waals surface area contributed by atoms with Crippen LogP contribution in [0.25, 0.3) is 0 Å². The van der Waals surface area contributed by atoms with Crippen LogP contribution in [0.15, 0.2) is 53.0 Å². The normalized spacial score (nSPS) is 10.2. The fraction of sp³-hybridized carbons (Fsp3) is 0.188. The van der Waals surface area contributed by atoms with E-state index in [0.717, 1.165) is 10.0 Å². The molecule has 0 atom stereocenters. The van der Waals surface area contributed by atoms with Crippen molar-refractivity contribution in [1.82, 2.24) is 0 Å². The van der Waals surface area contributed by atoms with Gasteiger partial charge in [-0.2, -0.15) is 0 Å². The summed E-state index contributed by atoms with van der Waals surface area (Å²) in [5.74, 6) is 0.725. The summed E-state index contributed by atoms with van der Waals surface area (Å²) in [5, 5.41) is 0. The maximum absolute atomic E-state index is 11.9. The van der Waals surface area contributed by atoms with Crippen molar-refractivity contribution < 1.29 is 9.53 Å². The van der Waals surface area contributed by atoms with Gasteiger partial charge < -0.3 is 4.74 Å². The summed E-state index contributed by atoms with van der Waals surface area (Å²) < 4.78 is 6.65. The van der Waals surface area contributed by atoms with Gasteiger partial charge in [0.1, 0.15) is 12.4 Å². The van der Waals surface area contributed by atoms with Crippen LogP contribution < -0.4 is 4.74 Å². The zero-order valence-electron chi connectivity index (χ0n) is 10.7. The number of carbonyl (C=O) groups excluding carboxylic acids is 1. The number of benzene rings is 2. The average molecular weight is 319 g/mol. The molecule has 98 valence electrons. The van der Waals surface area contributed by atoms with Crippen LogP contribution in [0, 0.1) is 0 Å². The monoisotopic (exact) mass is 318 g/mol. The van der Waals surface area contributed by atoms with Gasteiger partial charge in [-0.15, -0.1) is 0 Å². The average Bonchev–Trinajstić information content (AvgIpc) is 2.46. The van der Waals surface area contributed by atoms with Gasteiger partial charge in [0.05, 0.1) is 5.56 Å². The number of rotatable bonds is 5. The second kappa shape index (κ2) is 6.53. The van der Waals surface area contributed by atoms with Gasteiger partial charge in [-0.25, -0.2) is 0 Å². The molecule has 0 aliphatic carbocycles. The standard InChI is InChI=1S/C16H15BrO2/c1-2-15(18)14-10-13(17)8-9-16(14)19-11-12-6-4-3-5-7-12/h3-10H,2,11H2,1H3. The molecule has 2 rings (SSSR count). The zero-order valence-corrected chi connectivity index (χ0v) is 12.3. The Balaban J connectivity index is 2.18. The summed E-state index contributed by atoms with van der Waals surface area (Å²) in [5.41, 5.74) is 1.72. The van der Waals surface area contributed by atoms with Crippen LogP contribution in [0.2, 0.25) is 0 Å². The molecule has 0 unspecified atom stereocenters. The summed E-state index contributed by atoms with van der Waals surface area (Å²) in [4.78, 5) is 11.9. The first-order chi connectivity index (χ1) is 9.20. The molecule has 0 fully saturated rings. The molecular formula is C16H15BrO2. The van der Waals surface area contributed by atoms with Crippen LogP contribution in [0.4, 0.5) is 0 Å². The van der Waals surface area contributed by atoms with Crippen LogP contribution in [0.3, 0.4) is 0 Å². The molecule has 0 aromatic heterocycles. The highest BCUT2D eigenvalue weighted by Gasteiger charge is 2.11. The molecule has 0 saturated heterocycles. The Labute approximate surface area is 121 Å². The number of hydrogen-bond acceptors (Lipinski definition) is 2. The molecule has 0 N–H and O–H groups in total. The number of ketones is 1. The Hall–Kier alpha value is -1.61. The second-order valence-corrected chi connectivity index (χ2v) is 5.11. The smallest absolute Gasteiger partial charge is 0.166 e. The summed E-state index contributed by atoms with van der Waals surface area (Å²) in [6.07, 6.45) is 0.470. The third-order valence-corrected chi connectivity index (χ3v) is 3.29. The number of Topliss-reactive ketones (excluding diaryl/α,β-unsaturated/α-hetero) is 1. The Morgan fingerprint density at radius 1 is 1.16 bits per heavy atom. The van der Waals surface area contributed by atoms with Crippen molar-refractivity contribution in [1.29, 1.82) is 0 Å².